The van der Waals surface area contributed by atoms with Gasteiger partial charge in [-0.25, -0.2) is 9.37 Å². The summed E-state index contributed by atoms with van der Waals surface area (Å²) in [5.74, 6) is 2.10. The van der Waals surface area contributed by atoms with E-state index in [-0.39, 0.29) is 11.7 Å². The molecule has 128 valence electrons. The maximum Gasteiger partial charge on any atom is 0.258 e. The lowest BCUT2D eigenvalue weighted by atomic mass is 9.99. The Morgan fingerprint density at radius 2 is 2.04 bits per heavy atom. The second-order valence-corrected chi connectivity index (χ2v) is 6.60. The zero-order valence-corrected chi connectivity index (χ0v) is 14.2. The summed E-state index contributed by atoms with van der Waals surface area (Å²) in [5.41, 5.74) is 3.07. The van der Waals surface area contributed by atoms with E-state index in [9.17, 15) is 4.39 Å². The predicted octanol–water partition coefficient (Wildman–Crippen LogP) is 3.96. The topological polar surface area (TPSA) is 55.1 Å². The van der Waals surface area contributed by atoms with Gasteiger partial charge in [0.15, 0.2) is 5.82 Å². The van der Waals surface area contributed by atoms with Crippen molar-refractivity contribution in [2.45, 2.75) is 32.7 Å². The predicted molar refractivity (Wildman–Crippen MR) is 92.8 cm³/mol. The van der Waals surface area contributed by atoms with Crippen molar-refractivity contribution in [3.05, 3.63) is 59.3 Å². The highest BCUT2D eigenvalue weighted by Crippen LogP contribution is 2.27. The number of hydrogen-bond donors (Lipinski definition) is 0. The molecule has 1 aliphatic heterocycles. The number of hydrogen-bond acceptors (Lipinski definition) is 5. The molecule has 5 nitrogen and oxygen atoms in total. The summed E-state index contributed by atoms with van der Waals surface area (Å²) in [7, 11) is 0. The van der Waals surface area contributed by atoms with E-state index in [1.54, 1.807) is 12.3 Å². The first-order chi connectivity index (χ1) is 12.1. The van der Waals surface area contributed by atoms with Gasteiger partial charge in [0.25, 0.3) is 5.89 Å². The maximum absolute atomic E-state index is 13.4. The van der Waals surface area contributed by atoms with Crippen LogP contribution >= 0.6 is 0 Å². The third-order valence-electron chi connectivity index (χ3n) is 4.46. The fourth-order valence-corrected chi connectivity index (χ4v) is 3.03. The van der Waals surface area contributed by atoms with Crippen LogP contribution in [0.1, 0.15) is 36.7 Å². The molecular weight excluding hydrogens is 319 g/mol. The molecule has 0 fully saturated rings. The lowest BCUT2D eigenvalue weighted by molar-refractivity contribution is 0.419. The van der Waals surface area contributed by atoms with E-state index in [2.05, 4.69) is 20.0 Å². The van der Waals surface area contributed by atoms with Gasteiger partial charge >= 0.3 is 0 Å². The smallest absolute Gasteiger partial charge is 0.258 e. The normalized spacial score (nSPS) is 14.0. The monoisotopic (exact) mass is 338 g/mol. The van der Waals surface area contributed by atoms with Gasteiger partial charge in [0.2, 0.25) is 0 Å². The first kappa shape index (κ1) is 15.7. The molecule has 4 rings (SSSR count). The van der Waals surface area contributed by atoms with E-state index in [4.69, 9.17) is 4.52 Å². The fraction of sp³-hybridized carbons (Fsp3) is 0.316. The number of aromatic nitrogens is 3. The molecule has 6 heteroatoms. The van der Waals surface area contributed by atoms with Crippen LogP contribution in [0, 0.1) is 5.82 Å². The molecule has 2 aromatic heterocycles. The summed E-state index contributed by atoms with van der Waals surface area (Å²) in [6, 6.07) is 8.83. The Kier molecular flexibility index (Phi) is 3.95. The van der Waals surface area contributed by atoms with Crippen molar-refractivity contribution in [2.75, 3.05) is 11.4 Å². The van der Waals surface area contributed by atoms with Crippen LogP contribution in [0.5, 0.6) is 0 Å². The number of benzene rings is 1. The van der Waals surface area contributed by atoms with E-state index in [0.29, 0.717) is 18.3 Å². The average Bonchev–Trinajstić information content (AvgIpc) is 3.12. The van der Waals surface area contributed by atoms with Crippen LogP contribution in [0.15, 0.2) is 41.1 Å². The third kappa shape index (κ3) is 3.12. The van der Waals surface area contributed by atoms with Crippen molar-refractivity contribution in [1.82, 2.24) is 15.1 Å². The summed E-state index contributed by atoms with van der Waals surface area (Å²) in [5, 5.41) is 4.02. The van der Waals surface area contributed by atoms with Crippen LogP contribution < -0.4 is 4.90 Å². The number of anilines is 1. The van der Waals surface area contributed by atoms with Crippen LogP contribution in [0.2, 0.25) is 0 Å². The Labute approximate surface area is 145 Å². The van der Waals surface area contributed by atoms with Crippen LogP contribution in [-0.2, 0) is 13.0 Å². The molecule has 0 unspecified atom stereocenters. The summed E-state index contributed by atoms with van der Waals surface area (Å²) in [6.45, 7) is 5.57. The minimum Gasteiger partial charge on any atom is -0.352 e. The molecule has 0 radical (unpaired) electrons. The van der Waals surface area contributed by atoms with Crippen LogP contribution in [0.4, 0.5) is 10.2 Å². The van der Waals surface area contributed by atoms with Crippen molar-refractivity contribution >= 4 is 5.82 Å². The van der Waals surface area contributed by atoms with Crippen molar-refractivity contribution < 1.29 is 8.91 Å². The Hall–Kier alpha value is -2.76. The van der Waals surface area contributed by atoms with E-state index < -0.39 is 0 Å². The molecule has 3 heterocycles. The van der Waals surface area contributed by atoms with Gasteiger partial charge in [-0.1, -0.05) is 25.1 Å². The number of rotatable bonds is 3. The molecule has 0 amide bonds. The van der Waals surface area contributed by atoms with Gasteiger partial charge in [-0.3, -0.25) is 0 Å². The standard InChI is InChI=1S/C19H19FN4O/c1-12(2)18-22-19(25-23-18)14-5-7-21-17(10-14)24-8-6-13-9-16(20)4-3-15(13)11-24/h3-5,7,9-10,12H,6,8,11H2,1-2H3. The Morgan fingerprint density at radius 3 is 2.84 bits per heavy atom. The number of halogens is 1. The Balaban J connectivity index is 1.60. The van der Waals surface area contributed by atoms with E-state index >= 15 is 0 Å². The van der Waals surface area contributed by atoms with E-state index in [1.807, 2.05) is 32.0 Å². The molecule has 0 atom stereocenters. The zero-order chi connectivity index (χ0) is 17.4. The van der Waals surface area contributed by atoms with E-state index in [1.165, 1.54) is 6.07 Å². The summed E-state index contributed by atoms with van der Waals surface area (Å²) in [6.07, 6.45) is 2.56. The van der Waals surface area contributed by atoms with E-state index in [0.717, 1.165) is 35.5 Å². The first-order valence-corrected chi connectivity index (χ1v) is 8.42. The van der Waals surface area contributed by atoms with Crippen molar-refractivity contribution in [1.29, 1.82) is 0 Å². The molecule has 0 saturated carbocycles. The highest BCUT2D eigenvalue weighted by Gasteiger charge is 2.19. The summed E-state index contributed by atoms with van der Waals surface area (Å²) < 4.78 is 18.7. The summed E-state index contributed by atoms with van der Waals surface area (Å²) in [4.78, 5) is 11.1. The lowest BCUT2D eigenvalue weighted by Gasteiger charge is -2.29. The maximum atomic E-state index is 13.4. The van der Waals surface area contributed by atoms with Crippen LogP contribution in [0.3, 0.4) is 0 Å². The van der Waals surface area contributed by atoms with Gasteiger partial charge in [-0.15, -0.1) is 0 Å². The van der Waals surface area contributed by atoms with Crippen LogP contribution in [-0.4, -0.2) is 21.7 Å². The summed E-state index contributed by atoms with van der Waals surface area (Å²) >= 11 is 0. The highest BCUT2D eigenvalue weighted by atomic mass is 19.1. The van der Waals surface area contributed by atoms with Gasteiger partial charge in [0, 0.05) is 30.8 Å². The SMILES string of the molecule is CC(C)c1noc(-c2ccnc(N3CCc4cc(F)ccc4C3)c2)n1. The van der Waals surface area contributed by atoms with Gasteiger partial charge in [-0.05, 0) is 41.8 Å². The molecule has 1 aliphatic rings. The number of pyridine rings is 1. The van der Waals surface area contributed by atoms with Crippen molar-refractivity contribution in [3.8, 4) is 11.5 Å². The molecule has 3 aromatic rings. The molecule has 0 N–H and O–H groups in total. The molecule has 25 heavy (non-hydrogen) atoms. The second-order valence-electron chi connectivity index (χ2n) is 6.60. The van der Waals surface area contributed by atoms with Crippen molar-refractivity contribution in [3.63, 3.8) is 0 Å². The number of fused-ring (bicyclic) bond motifs is 1. The number of nitrogens with zero attached hydrogens (tertiary/aromatic N) is 4. The molecule has 1 aromatic carbocycles. The zero-order valence-electron chi connectivity index (χ0n) is 14.2. The third-order valence-corrected chi connectivity index (χ3v) is 4.46. The highest BCUT2D eigenvalue weighted by molar-refractivity contribution is 5.59. The Bertz CT molecular complexity index is 906. The van der Waals surface area contributed by atoms with Gasteiger partial charge < -0.3 is 9.42 Å². The molecular formula is C19H19FN4O. The largest absolute Gasteiger partial charge is 0.352 e. The van der Waals surface area contributed by atoms with Gasteiger partial charge in [-0.2, -0.15) is 4.98 Å². The van der Waals surface area contributed by atoms with Crippen LogP contribution in [0.25, 0.3) is 11.5 Å². The minimum absolute atomic E-state index is 0.176. The molecule has 0 aliphatic carbocycles. The van der Waals surface area contributed by atoms with Crippen molar-refractivity contribution in [2.24, 2.45) is 0 Å². The first-order valence-electron chi connectivity index (χ1n) is 8.42. The minimum atomic E-state index is -0.176. The molecule has 0 bridgehead atoms. The Morgan fingerprint density at radius 1 is 1.16 bits per heavy atom. The van der Waals surface area contributed by atoms with Gasteiger partial charge in [0.1, 0.15) is 11.6 Å². The lowest BCUT2D eigenvalue weighted by Crippen LogP contribution is -2.31. The fourth-order valence-electron chi connectivity index (χ4n) is 3.03. The second kappa shape index (κ2) is 6.27. The molecule has 0 spiro atoms. The molecule has 0 saturated heterocycles. The average molecular weight is 338 g/mol. The quantitative estimate of drug-likeness (QED) is 0.723. The van der Waals surface area contributed by atoms with Gasteiger partial charge in [0.05, 0.1) is 0 Å².